The zero-order chi connectivity index (χ0) is 13.0. The Labute approximate surface area is 124 Å². The molecule has 0 bridgehead atoms. The number of benzene rings is 1. The molecule has 1 heterocycles. The quantitative estimate of drug-likeness (QED) is 0.541. The van der Waals surface area contributed by atoms with E-state index < -0.39 is 0 Å². The first kappa shape index (κ1) is 13.9. The number of hydrogen-bond acceptors (Lipinski definition) is 3. The number of carbonyl (C=O) groups excluding carboxylic acids is 1. The molecule has 0 amide bonds. The Bertz CT molecular complexity index is 518. The highest BCUT2D eigenvalue weighted by molar-refractivity contribution is 7.99. The molecule has 0 aliphatic rings. The van der Waals surface area contributed by atoms with Crippen LogP contribution in [0.2, 0.25) is 10.0 Å². The van der Waals surface area contributed by atoms with Gasteiger partial charge in [0.25, 0.3) is 0 Å². The Balaban J connectivity index is 1.91. The van der Waals surface area contributed by atoms with Gasteiger partial charge in [-0.25, -0.2) is 0 Å². The molecule has 1 aromatic heterocycles. The lowest BCUT2D eigenvalue weighted by Crippen LogP contribution is -1.97. The van der Waals surface area contributed by atoms with Crippen molar-refractivity contribution >= 4 is 52.1 Å². The lowest BCUT2D eigenvalue weighted by molar-refractivity contribution is 0.0993. The summed E-state index contributed by atoms with van der Waals surface area (Å²) in [6, 6.07) is 9.15. The fourth-order valence-electron chi connectivity index (χ4n) is 1.43. The van der Waals surface area contributed by atoms with Crippen molar-refractivity contribution in [1.29, 1.82) is 0 Å². The van der Waals surface area contributed by atoms with Crippen LogP contribution < -0.4 is 0 Å². The van der Waals surface area contributed by atoms with Crippen molar-refractivity contribution in [3.63, 3.8) is 0 Å². The molecule has 0 radical (unpaired) electrons. The highest BCUT2D eigenvalue weighted by Gasteiger charge is 2.09. The molecule has 0 spiro atoms. The Morgan fingerprint density at radius 1 is 1.17 bits per heavy atom. The second kappa shape index (κ2) is 6.62. The largest absolute Gasteiger partial charge is 0.293 e. The van der Waals surface area contributed by atoms with E-state index in [0.717, 1.165) is 9.77 Å². The summed E-state index contributed by atoms with van der Waals surface area (Å²) in [6.07, 6.45) is 0.493. The summed E-state index contributed by atoms with van der Waals surface area (Å²) in [7, 11) is 0. The third kappa shape index (κ3) is 3.51. The minimum Gasteiger partial charge on any atom is -0.293 e. The lowest BCUT2D eigenvalue weighted by Gasteiger charge is -2.05. The van der Waals surface area contributed by atoms with Crippen LogP contribution in [0, 0.1) is 0 Å². The summed E-state index contributed by atoms with van der Waals surface area (Å²) in [5.41, 5.74) is 0. The van der Waals surface area contributed by atoms with Crippen LogP contribution in [0.5, 0.6) is 0 Å². The number of ketones is 1. The number of carbonyl (C=O) groups is 1. The third-order valence-corrected chi connectivity index (χ3v) is 5.19. The second-order valence-corrected chi connectivity index (χ2v) is 6.42. The molecule has 0 N–H and O–H groups in total. The van der Waals surface area contributed by atoms with Gasteiger partial charge < -0.3 is 0 Å². The molecular weight excluding hydrogens is 307 g/mol. The molecule has 0 saturated heterocycles. The number of thiophene rings is 1. The van der Waals surface area contributed by atoms with Crippen LogP contribution in [0.15, 0.2) is 40.6 Å². The van der Waals surface area contributed by atoms with Crippen molar-refractivity contribution in [2.75, 3.05) is 5.75 Å². The van der Waals surface area contributed by atoms with Crippen LogP contribution in [-0.4, -0.2) is 11.5 Å². The predicted molar refractivity (Wildman–Crippen MR) is 80.5 cm³/mol. The minimum atomic E-state index is 0.167. The number of thioether (sulfide) groups is 1. The van der Waals surface area contributed by atoms with Crippen LogP contribution in [-0.2, 0) is 0 Å². The molecule has 1 aromatic carbocycles. The van der Waals surface area contributed by atoms with Crippen molar-refractivity contribution in [3.8, 4) is 0 Å². The van der Waals surface area contributed by atoms with E-state index in [2.05, 4.69) is 0 Å². The first-order chi connectivity index (χ1) is 8.68. The van der Waals surface area contributed by atoms with Gasteiger partial charge in [-0.1, -0.05) is 35.3 Å². The fraction of sp³-hybridized carbons (Fsp3) is 0.154. The van der Waals surface area contributed by atoms with E-state index in [1.54, 1.807) is 12.1 Å². The van der Waals surface area contributed by atoms with E-state index in [1.807, 2.05) is 23.6 Å². The summed E-state index contributed by atoms with van der Waals surface area (Å²) < 4.78 is 0. The molecule has 1 nitrogen and oxygen atoms in total. The van der Waals surface area contributed by atoms with Crippen molar-refractivity contribution in [3.05, 3.63) is 50.6 Å². The maximum absolute atomic E-state index is 11.8. The number of rotatable bonds is 5. The van der Waals surface area contributed by atoms with Gasteiger partial charge in [-0.05, 0) is 23.6 Å². The maximum atomic E-state index is 11.8. The topological polar surface area (TPSA) is 17.1 Å². The molecule has 2 rings (SSSR count). The predicted octanol–water partition coefficient (Wildman–Crippen LogP) is 5.42. The van der Waals surface area contributed by atoms with Crippen molar-refractivity contribution in [2.24, 2.45) is 0 Å². The van der Waals surface area contributed by atoms with Gasteiger partial charge in [0.05, 0.1) is 14.9 Å². The van der Waals surface area contributed by atoms with Crippen molar-refractivity contribution < 1.29 is 4.79 Å². The van der Waals surface area contributed by atoms with Gasteiger partial charge in [0.2, 0.25) is 0 Å². The Morgan fingerprint density at radius 3 is 2.50 bits per heavy atom. The molecule has 0 aliphatic carbocycles. The zero-order valence-corrected chi connectivity index (χ0v) is 12.5. The molecule has 2 aromatic rings. The van der Waals surface area contributed by atoms with E-state index in [0.29, 0.717) is 22.2 Å². The lowest BCUT2D eigenvalue weighted by atomic mass is 10.3. The summed E-state index contributed by atoms with van der Waals surface area (Å²) >= 11 is 15.1. The molecular formula is C13H10Cl2OS2. The highest BCUT2D eigenvalue weighted by Crippen LogP contribution is 2.34. The average Bonchev–Trinajstić information content (AvgIpc) is 2.86. The molecule has 5 heteroatoms. The Hall–Kier alpha value is -0.480. The first-order valence-electron chi connectivity index (χ1n) is 5.32. The number of halogens is 2. The SMILES string of the molecule is O=C(CCSc1c(Cl)cccc1Cl)c1cccs1. The Morgan fingerprint density at radius 2 is 1.89 bits per heavy atom. The third-order valence-electron chi connectivity index (χ3n) is 2.29. The van der Waals surface area contributed by atoms with E-state index >= 15 is 0 Å². The van der Waals surface area contributed by atoms with Crippen molar-refractivity contribution in [2.45, 2.75) is 11.3 Å². The van der Waals surface area contributed by atoms with Crippen LogP contribution in [0.4, 0.5) is 0 Å². The van der Waals surface area contributed by atoms with Gasteiger partial charge >= 0.3 is 0 Å². The summed E-state index contributed by atoms with van der Waals surface area (Å²) in [5.74, 6) is 0.848. The first-order valence-corrected chi connectivity index (χ1v) is 7.94. The molecule has 0 unspecified atom stereocenters. The van der Waals surface area contributed by atoms with E-state index in [1.165, 1.54) is 23.1 Å². The molecule has 18 heavy (non-hydrogen) atoms. The molecule has 0 atom stereocenters. The minimum absolute atomic E-state index is 0.167. The van der Waals surface area contributed by atoms with Crippen LogP contribution in [0.25, 0.3) is 0 Å². The highest BCUT2D eigenvalue weighted by atomic mass is 35.5. The molecule has 0 fully saturated rings. The standard InChI is InChI=1S/C13H10Cl2OS2/c14-9-3-1-4-10(15)13(9)18-8-6-11(16)12-5-2-7-17-12/h1-5,7H,6,8H2. The van der Waals surface area contributed by atoms with Crippen LogP contribution in [0.3, 0.4) is 0 Å². The monoisotopic (exact) mass is 316 g/mol. The van der Waals surface area contributed by atoms with Gasteiger partial charge in [0.15, 0.2) is 5.78 Å². The van der Waals surface area contributed by atoms with Gasteiger partial charge in [-0.3, -0.25) is 4.79 Å². The van der Waals surface area contributed by atoms with Gasteiger partial charge in [0, 0.05) is 17.1 Å². The van der Waals surface area contributed by atoms with Crippen molar-refractivity contribution in [1.82, 2.24) is 0 Å². The molecule has 94 valence electrons. The fourth-order valence-corrected chi connectivity index (χ4v) is 3.75. The van der Waals surface area contributed by atoms with Crippen LogP contribution >= 0.6 is 46.3 Å². The molecule has 0 aliphatic heterocycles. The van der Waals surface area contributed by atoms with Gasteiger partial charge in [0.1, 0.15) is 0 Å². The number of hydrogen-bond donors (Lipinski definition) is 0. The van der Waals surface area contributed by atoms with Gasteiger partial charge in [-0.15, -0.1) is 23.1 Å². The maximum Gasteiger partial charge on any atom is 0.173 e. The van der Waals surface area contributed by atoms with E-state index in [4.69, 9.17) is 23.2 Å². The summed E-state index contributed by atoms with van der Waals surface area (Å²) in [4.78, 5) is 13.5. The normalized spacial score (nSPS) is 10.6. The van der Waals surface area contributed by atoms with Crippen LogP contribution in [0.1, 0.15) is 16.1 Å². The van der Waals surface area contributed by atoms with E-state index in [9.17, 15) is 4.79 Å². The second-order valence-electron chi connectivity index (χ2n) is 3.55. The molecule has 0 saturated carbocycles. The van der Waals surface area contributed by atoms with E-state index in [-0.39, 0.29) is 5.78 Å². The summed E-state index contributed by atoms with van der Waals surface area (Å²) in [5, 5.41) is 3.18. The average molecular weight is 317 g/mol. The Kier molecular flexibility index (Phi) is 5.13. The number of Topliss-reactive ketones (excluding diaryl/α,β-unsaturated/α-hetero) is 1. The summed E-state index contributed by atoms with van der Waals surface area (Å²) in [6.45, 7) is 0. The zero-order valence-electron chi connectivity index (χ0n) is 9.36. The van der Waals surface area contributed by atoms with Gasteiger partial charge in [-0.2, -0.15) is 0 Å². The smallest absolute Gasteiger partial charge is 0.173 e.